The molecule has 22 heavy (non-hydrogen) atoms. The molecule has 1 aliphatic heterocycles. The number of likely N-dealkylation sites (tertiary alicyclic amines) is 1. The molecule has 0 radical (unpaired) electrons. The average molecular weight is 341 g/mol. The van der Waals surface area contributed by atoms with Crippen LogP contribution in [0, 0.1) is 5.82 Å². The predicted octanol–water partition coefficient (Wildman–Crippen LogP) is 3.04. The normalized spacial score (nSPS) is 18.2. The van der Waals surface area contributed by atoms with E-state index in [9.17, 15) is 14.0 Å². The van der Waals surface area contributed by atoms with Crippen molar-refractivity contribution < 1.29 is 14.0 Å². The fraction of sp³-hybridized carbons (Fsp3) is 0.333. The third-order valence-corrected chi connectivity index (χ3v) is 5.39. The Morgan fingerprint density at radius 3 is 2.95 bits per heavy atom. The molecule has 116 valence electrons. The highest BCUT2D eigenvalue weighted by molar-refractivity contribution is 7.21. The average Bonchev–Trinajstić information content (AvgIpc) is 3.00. The van der Waals surface area contributed by atoms with Gasteiger partial charge < -0.3 is 10.2 Å². The first-order chi connectivity index (χ1) is 10.5. The number of nitrogens with one attached hydrogen (secondary N) is 1. The van der Waals surface area contributed by atoms with Gasteiger partial charge in [-0.1, -0.05) is 17.7 Å². The molecule has 0 spiro atoms. The van der Waals surface area contributed by atoms with E-state index in [0.29, 0.717) is 17.8 Å². The maximum Gasteiger partial charge on any atom is 0.263 e. The standard InChI is InChI=1S/C15H14ClFN2O2S/c1-2-19-7-8(6-11(19)20)18-15(21)14-13(16)12-9(17)4-3-5-10(12)22-14/h3-5,8H,2,6-7H2,1H3,(H,18,21)/t8-/m1/s1. The lowest BCUT2D eigenvalue weighted by Crippen LogP contribution is -2.36. The minimum Gasteiger partial charge on any atom is -0.346 e. The van der Waals surface area contributed by atoms with E-state index in [1.807, 2.05) is 6.92 Å². The van der Waals surface area contributed by atoms with Crippen molar-refractivity contribution in [3.05, 3.63) is 33.9 Å². The number of carbonyl (C=O) groups excluding carboxylic acids is 2. The highest BCUT2D eigenvalue weighted by Crippen LogP contribution is 2.36. The molecule has 1 atom stereocenters. The van der Waals surface area contributed by atoms with Gasteiger partial charge in [0.05, 0.1) is 11.1 Å². The predicted molar refractivity (Wildman–Crippen MR) is 84.9 cm³/mol. The summed E-state index contributed by atoms with van der Waals surface area (Å²) in [6.07, 6.45) is 0.288. The van der Waals surface area contributed by atoms with E-state index in [1.165, 1.54) is 6.07 Å². The van der Waals surface area contributed by atoms with Crippen LogP contribution in [0.5, 0.6) is 0 Å². The largest absolute Gasteiger partial charge is 0.346 e. The zero-order valence-electron chi connectivity index (χ0n) is 11.9. The number of thiophene rings is 1. The van der Waals surface area contributed by atoms with Gasteiger partial charge in [0.25, 0.3) is 5.91 Å². The van der Waals surface area contributed by atoms with Crippen molar-refractivity contribution in [2.75, 3.05) is 13.1 Å². The Labute approximate surface area is 135 Å². The number of nitrogens with zero attached hydrogens (tertiary/aromatic N) is 1. The van der Waals surface area contributed by atoms with Gasteiger partial charge >= 0.3 is 0 Å². The number of hydrogen-bond donors (Lipinski definition) is 1. The maximum absolute atomic E-state index is 13.8. The van der Waals surface area contributed by atoms with E-state index in [4.69, 9.17) is 11.6 Å². The molecule has 0 aliphatic carbocycles. The lowest BCUT2D eigenvalue weighted by molar-refractivity contribution is -0.127. The molecular formula is C15H14ClFN2O2S. The van der Waals surface area contributed by atoms with Gasteiger partial charge in [-0.15, -0.1) is 11.3 Å². The van der Waals surface area contributed by atoms with E-state index in [-0.39, 0.29) is 39.6 Å². The fourth-order valence-corrected chi connectivity index (χ4v) is 4.10. The Morgan fingerprint density at radius 2 is 2.32 bits per heavy atom. The molecule has 1 fully saturated rings. The Balaban J connectivity index is 1.83. The first kappa shape index (κ1) is 15.2. The summed E-state index contributed by atoms with van der Waals surface area (Å²) in [6.45, 7) is 3.02. The van der Waals surface area contributed by atoms with Crippen molar-refractivity contribution in [3.8, 4) is 0 Å². The third-order valence-electron chi connectivity index (χ3n) is 3.74. The maximum atomic E-state index is 13.8. The summed E-state index contributed by atoms with van der Waals surface area (Å²) >= 11 is 7.31. The summed E-state index contributed by atoms with van der Waals surface area (Å²) in [5.41, 5.74) is 0. The summed E-state index contributed by atoms with van der Waals surface area (Å²) in [7, 11) is 0. The Kier molecular flexibility index (Phi) is 4.06. The monoisotopic (exact) mass is 340 g/mol. The van der Waals surface area contributed by atoms with Crippen LogP contribution in [0.25, 0.3) is 10.1 Å². The molecular weight excluding hydrogens is 327 g/mol. The van der Waals surface area contributed by atoms with Gasteiger partial charge in [0.1, 0.15) is 10.7 Å². The van der Waals surface area contributed by atoms with Crippen molar-refractivity contribution in [1.82, 2.24) is 10.2 Å². The smallest absolute Gasteiger partial charge is 0.263 e. The van der Waals surface area contributed by atoms with Gasteiger partial charge in [-0.3, -0.25) is 9.59 Å². The van der Waals surface area contributed by atoms with Gasteiger partial charge in [-0.2, -0.15) is 0 Å². The second-order valence-corrected chi connectivity index (χ2v) is 6.60. The number of rotatable bonds is 3. The molecule has 1 aliphatic rings. The number of hydrogen-bond acceptors (Lipinski definition) is 3. The van der Waals surface area contributed by atoms with Crippen molar-refractivity contribution in [2.24, 2.45) is 0 Å². The van der Waals surface area contributed by atoms with Crippen LogP contribution in [0.3, 0.4) is 0 Å². The summed E-state index contributed by atoms with van der Waals surface area (Å²) in [4.78, 5) is 26.0. The number of fused-ring (bicyclic) bond motifs is 1. The number of likely N-dealkylation sites (N-methyl/N-ethyl adjacent to an activating group) is 1. The van der Waals surface area contributed by atoms with Crippen molar-refractivity contribution in [3.63, 3.8) is 0 Å². The molecule has 2 heterocycles. The molecule has 1 aromatic heterocycles. The van der Waals surface area contributed by atoms with Gasteiger partial charge in [-0.05, 0) is 19.1 Å². The molecule has 3 rings (SSSR count). The van der Waals surface area contributed by atoms with Crippen LogP contribution >= 0.6 is 22.9 Å². The lowest BCUT2D eigenvalue weighted by atomic mass is 10.2. The first-order valence-corrected chi connectivity index (χ1v) is 8.15. The Hall–Kier alpha value is -1.66. The van der Waals surface area contributed by atoms with Crippen LogP contribution in [-0.2, 0) is 4.79 Å². The quantitative estimate of drug-likeness (QED) is 0.933. The number of carbonyl (C=O) groups is 2. The summed E-state index contributed by atoms with van der Waals surface area (Å²) < 4.78 is 14.4. The first-order valence-electron chi connectivity index (χ1n) is 6.96. The minimum absolute atomic E-state index is 0.0290. The number of halogens is 2. The molecule has 0 bridgehead atoms. The van der Waals surface area contributed by atoms with Gasteiger partial charge in [-0.25, -0.2) is 4.39 Å². The molecule has 1 aromatic carbocycles. The molecule has 7 heteroatoms. The van der Waals surface area contributed by atoms with Crippen LogP contribution in [0.1, 0.15) is 23.0 Å². The second kappa shape index (κ2) is 5.85. The lowest BCUT2D eigenvalue weighted by Gasteiger charge is -2.14. The van der Waals surface area contributed by atoms with Gasteiger partial charge in [0.15, 0.2) is 0 Å². The molecule has 2 amide bonds. The third kappa shape index (κ3) is 2.57. The van der Waals surface area contributed by atoms with E-state index >= 15 is 0 Å². The van der Waals surface area contributed by atoms with Crippen LogP contribution in [-0.4, -0.2) is 35.8 Å². The van der Waals surface area contributed by atoms with Gasteiger partial charge in [0.2, 0.25) is 5.91 Å². The summed E-state index contributed by atoms with van der Waals surface area (Å²) in [6, 6.07) is 4.40. The van der Waals surface area contributed by atoms with E-state index in [0.717, 1.165) is 11.3 Å². The van der Waals surface area contributed by atoms with E-state index < -0.39 is 5.82 Å². The molecule has 4 nitrogen and oxygen atoms in total. The Morgan fingerprint density at radius 1 is 1.55 bits per heavy atom. The molecule has 2 aromatic rings. The van der Waals surface area contributed by atoms with E-state index in [2.05, 4.69) is 5.32 Å². The number of amides is 2. The van der Waals surface area contributed by atoms with Crippen LogP contribution in [0.4, 0.5) is 4.39 Å². The van der Waals surface area contributed by atoms with Crippen molar-refractivity contribution in [1.29, 1.82) is 0 Å². The van der Waals surface area contributed by atoms with Crippen LogP contribution < -0.4 is 5.32 Å². The molecule has 0 unspecified atom stereocenters. The Bertz CT molecular complexity index is 761. The highest BCUT2D eigenvalue weighted by atomic mass is 35.5. The topological polar surface area (TPSA) is 49.4 Å². The number of benzene rings is 1. The summed E-state index contributed by atoms with van der Waals surface area (Å²) in [5, 5.41) is 3.22. The zero-order valence-corrected chi connectivity index (χ0v) is 13.4. The second-order valence-electron chi connectivity index (χ2n) is 5.17. The zero-order chi connectivity index (χ0) is 15.9. The fourth-order valence-electron chi connectivity index (χ4n) is 2.64. The minimum atomic E-state index is -0.439. The van der Waals surface area contributed by atoms with Gasteiger partial charge in [0, 0.05) is 29.6 Å². The highest BCUT2D eigenvalue weighted by Gasteiger charge is 2.30. The van der Waals surface area contributed by atoms with Crippen molar-refractivity contribution in [2.45, 2.75) is 19.4 Å². The molecule has 1 saturated heterocycles. The molecule has 0 saturated carbocycles. The molecule has 1 N–H and O–H groups in total. The van der Waals surface area contributed by atoms with Crippen LogP contribution in [0.2, 0.25) is 5.02 Å². The summed E-state index contributed by atoms with van der Waals surface area (Å²) in [5.74, 6) is -0.770. The SMILES string of the molecule is CCN1C[C@H](NC(=O)c2sc3cccc(F)c3c2Cl)CC1=O. The van der Waals surface area contributed by atoms with Crippen molar-refractivity contribution >= 4 is 44.8 Å². The van der Waals surface area contributed by atoms with Crippen LogP contribution in [0.15, 0.2) is 18.2 Å². The van der Waals surface area contributed by atoms with E-state index in [1.54, 1.807) is 17.0 Å².